The molecule has 2 atom stereocenters. The number of amides is 1. The van der Waals surface area contributed by atoms with Crippen molar-refractivity contribution in [2.24, 2.45) is 5.92 Å². The Balaban J connectivity index is 2.32. The van der Waals surface area contributed by atoms with Gasteiger partial charge in [0.2, 0.25) is 0 Å². The zero-order valence-electron chi connectivity index (χ0n) is 11.5. The van der Waals surface area contributed by atoms with E-state index in [0.717, 1.165) is 12.8 Å². The molecule has 2 rings (SSSR count). The van der Waals surface area contributed by atoms with Crippen LogP contribution in [0.3, 0.4) is 0 Å². The minimum Gasteiger partial charge on any atom is -0.336 e. The van der Waals surface area contributed by atoms with E-state index in [-0.39, 0.29) is 17.6 Å². The van der Waals surface area contributed by atoms with Gasteiger partial charge in [-0.2, -0.15) is 0 Å². The topological polar surface area (TPSA) is 63.5 Å². The second-order valence-corrected chi connectivity index (χ2v) is 6.26. The molecular weight excluding hydrogens is 324 g/mol. The molecule has 108 valence electrons. The lowest BCUT2D eigenvalue weighted by Gasteiger charge is -2.37. The molecule has 1 aliphatic heterocycles. The maximum absolute atomic E-state index is 12.6. The van der Waals surface area contributed by atoms with Crippen molar-refractivity contribution in [3.05, 3.63) is 38.3 Å². The number of non-ortho nitro benzene ring substituents is 1. The molecule has 5 nitrogen and oxygen atoms in total. The van der Waals surface area contributed by atoms with E-state index in [2.05, 4.69) is 22.9 Å². The van der Waals surface area contributed by atoms with Gasteiger partial charge < -0.3 is 4.90 Å². The summed E-state index contributed by atoms with van der Waals surface area (Å²) in [7, 11) is 0. The maximum atomic E-state index is 12.6. The van der Waals surface area contributed by atoms with Crippen molar-refractivity contribution in [1.29, 1.82) is 0 Å². The highest BCUT2D eigenvalue weighted by Gasteiger charge is 2.29. The Labute approximate surface area is 126 Å². The minimum absolute atomic E-state index is 0.0609. The average molecular weight is 341 g/mol. The summed E-state index contributed by atoms with van der Waals surface area (Å²) in [6.07, 6.45) is 2.08. The van der Waals surface area contributed by atoms with E-state index >= 15 is 0 Å². The number of nitro benzene ring substituents is 1. The molecule has 1 fully saturated rings. The lowest BCUT2D eigenvalue weighted by Crippen LogP contribution is -2.45. The van der Waals surface area contributed by atoms with Crippen LogP contribution < -0.4 is 0 Å². The van der Waals surface area contributed by atoms with Gasteiger partial charge in [0.1, 0.15) is 0 Å². The molecule has 2 unspecified atom stereocenters. The molecule has 1 aliphatic rings. The number of carbonyl (C=O) groups excluding carboxylic acids is 1. The molecular formula is C14H17BrN2O3. The lowest BCUT2D eigenvalue weighted by molar-refractivity contribution is -0.384. The molecule has 0 N–H and O–H groups in total. The van der Waals surface area contributed by atoms with Gasteiger partial charge in [-0.15, -0.1) is 0 Å². The Bertz CT molecular complexity index is 547. The highest BCUT2D eigenvalue weighted by Crippen LogP contribution is 2.28. The maximum Gasteiger partial charge on any atom is 0.270 e. The van der Waals surface area contributed by atoms with Crippen LogP contribution in [0.1, 0.15) is 37.0 Å². The molecule has 1 heterocycles. The van der Waals surface area contributed by atoms with Gasteiger partial charge in [0, 0.05) is 29.2 Å². The van der Waals surface area contributed by atoms with Gasteiger partial charge in [-0.1, -0.05) is 6.92 Å². The van der Waals surface area contributed by atoms with E-state index in [4.69, 9.17) is 0 Å². The van der Waals surface area contributed by atoms with Crippen molar-refractivity contribution < 1.29 is 9.72 Å². The summed E-state index contributed by atoms with van der Waals surface area (Å²) in [6.45, 7) is 4.85. The van der Waals surface area contributed by atoms with Gasteiger partial charge in [0.25, 0.3) is 11.6 Å². The van der Waals surface area contributed by atoms with Gasteiger partial charge in [0.15, 0.2) is 0 Å². The fourth-order valence-electron chi connectivity index (χ4n) is 2.52. The Morgan fingerprint density at radius 3 is 2.75 bits per heavy atom. The summed E-state index contributed by atoms with van der Waals surface area (Å²) in [5.41, 5.74) is 0.300. The highest BCUT2D eigenvalue weighted by atomic mass is 79.9. The molecule has 1 aromatic rings. The van der Waals surface area contributed by atoms with Crippen LogP contribution >= 0.6 is 15.9 Å². The van der Waals surface area contributed by atoms with E-state index in [1.807, 2.05) is 11.8 Å². The largest absolute Gasteiger partial charge is 0.336 e. The first-order chi connectivity index (χ1) is 9.40. The summed E-state index contributed by atoms with van der Waals surface area (Å²) in [5, 5.41) is 10.8. The fraction of sp³-hybridized carbons (Fsp3) is 0.500. The fourth-order valence-corrected chi connectivity index (χ4v) is 2.93. The normalized spacial score (nSPS) is 22.6. The Kier molecular flexibility index (Phi) is 4.42. The van der Waals surface area contributed by atoms with Gasteiger partial charge in [-0.25, -0.2) is 0 Å². The summed E-state index contributed by atoms with van der Waals surface area (Å²) >= 11 is 3.31. The third kappa shape index (κ3) is 3.00. The van der Waals surface area contributed by atoms with E-state index in [9.17, 15) is 14.9 Å². The van der Waals surface area contributed by atoms with Gasteiger partial charge in [-0.05, 0) is 47.7 Å². The van der Waals surface area contributed by atoms with Crippen LogP contribution in [0.5, 0.6) is 0 Å². The predicted molar refractivity (Wildman–Crippen MR) is 79.7 cm³/mol. The van der Waals surface area contributed by atoms with Crippen molar-refractivity contribution in [2.75, 3.05) is 6.54 Å². The molecule has 0 aromatic heterocycles. The second kappa shape index (κ2) is 5.91. The number of nitrogens with zero attached hydrogens (tertiary/aromatic N) is 2. The van der Waals surface area contributed by atoms with Crippen LogP contribution in [0, 0.1) is 16.0 Å². The van der Waals surface area contributed by atoms with E-state index in [0.29, 0.717) is 22.5 Å². The number of nitro groups is 1. The summed E-state index contributed by atoms with van der Waals surface area (Å²) in [6, 6.07) is 4.47. The number of benzene rings is 1. The van der Waals surface area contributed by atoms with E-state index in [1.165, 1.54) is 12.1 Å². The van der Waals surface area contributed by atoms with Crippen molar-refractivity contribution >= 4 is 27.5 Å². The first kappa shape index (κ1) is 15.0. The average Bonchev–Trinajstić information content (AvgIpc) is 2.41. The molecule has 1 saturated heterocycles. The third-order valence-corrected chi connectivity index (χ3v) is 4.46. The first-order valence-corrected chi connectivity index (χ1v) is 7.44. The molecule has 1 amide bonds. The number of piperidine rings is 1. The molecule has 0 aliphatic carbocycles. The number of hydrogen-bond acceptors (Lipinski definition) is 3. The van der Waals surface area contributed by atoms with Gasteiger partial charge in [-0.3, -0.25) is 14.9 Å². The number of rotatable bonds is 2. The first-order valence-electron chi connectivity index (χ1n) is 6.65. The molecule has 0 bridgehead atoms. The zero-order valence-corrected chi connectivity index (χ0v) is 13.1. The number of carbonyl (C=O) groups is 1. The monoisotopic (exact) mass is 340 g/mol. The van der Waals surface area contributed by atoms with Crippen LogP contribution in [0.25, 0.3) is 0 Å². The molecule has 0 spiro atoms. The molecule has 0 radical (unpaired) electrons. The predicted octanol–water partition coefficient (Wildman–Crippen LogP) is 3.62. The van der Waals surface area contributed by atoms with Crippen LogP contribution in [0.15, 0.2) is 22.7 Å². The lowest BCUT2D eigenvalue weighted by atomic mass is 9.94. The smallest absolute Gasteiger partial charge is 0.270 e. The Morgan fingerprint density at radius 1 is 1.40 bits per heavy atom. The van der Waals surface area contributed by atoms with E-state index < -0.39 is 4.92 Å². The van der Waals surface area contributed by atoms with Crippen molar-refractivity contribution in [3.63, 3.8) is 0 Å². The Morgan fingerprint density at radius 2 is 2.10 bits per heavy atom. The molecule has 0 saturated carbocycles. The van der Waals surface area contributed by atoms with Crippen LogP contribution in [0.2, 0.25) is 0 Å². The van der Waals surface area contributed by atoms with Crippen LogP contribution in [-0.4, -0.2) is 28.3 Å². The van der Waals surface area contributed by atoms with Gasteiger partial charge >= 0.3 is 0 Å². The highest BCUT2D eigenvalue weighted by molar-refractivity contribution is 9.10. The van der Waals surface area contributed by atoms with E-state index in [1.54, 1.807) is 6.07 Å². The van der Waals surface area contributed by atoms with Crippen LogP contribution in [0.4, 0.5) is 5.69 Å². The third-order valence-electron chi connectivity index (χ3n) is 3.77. The Hall–Kier alpha value is -1.43. The summed E-state index contributed by atoms with van der Waals surface area (Å²) < 4.78 is 0.596. The minimum atomic E-state index is -0.481. The van der Waals surface area contributed by atoms with Crippen molar-refractivity contribution in [3.8, 4) is 0 Å². The quantitative estimate of drug-likeness (QED) is 0.610. The number of likely N-dealkylation sites (tertiary alicyclic amines) is 1. The second-order valence-electron chi connectivity index (χ2n) is 5.41. The summed E-state index contributed by atoms with van der Waals surface area (Å²) in [5.74, 6) is 0.326. The number of halogens is 1. The van der Waals surface area contributed by atoms with Crippen molar-refractivity contribution in [2.45, 2.75) is 32.7 Å². The summed E-state index contributed by atoms with van der Waals surface area (Å²) in [4.78, 5) is 24.8. The molecule has 6 heteroatoms. The molecule has 1 aromatic carbocycles. The SMILES string of the molecule is CC1CCC(C)N(C(=O)c2cc([N+](=O)[O-])ccc2Br)C1. The molecule has 20 heavy (non-hydrogen) atoms. The van der Waals surface area contributed by atoms with Crippen molar-refractivity contribution in [1.82, 2.24) is 4.90 Å². The standard InChI is InChI=1S/C14H17BrN2O3/c1-9-3-4-10(2)16(8-9)14(18)12-7-11(17(19)20)5-6-13(12)15/h5-7,9-10H,3-4,8H2,1-2H3. The van der Waals surface area contributed by atoms with Gasteiger partial charge in [0.05, 0.1) is 10.5 Å². The zero-order chi connectivity index (χ0) is 14.9. The van der Waals surface area contributed by atoms with Crippen LogP contribution in [-0.2, 0) is 0 Å². The number of hydrogen-bond donors (Lipinski definition) is 0.